The maximum Gasteiger partial charge on any atom is 0.263 e. The first-order chi connectivity index (χ1) is 11.6. The normalized spacial score (nSPS) is 10.3. The van der Waals surface area contributed by atoms with Crippen molar-refractivity contribution in [3.63, 3.8) is 0 Å². The van der Waals surface area contributed by atoms with E-state index in [1.165, 1.54) is 6.20 Å². The molecule has 0 unspecified atom stereocenters. The zero-order chi connectivity index (χ0) is 16.9. The Hall–Kier alpha value is -3.34. The minimum atomic E-state index is -0.460. The average molecular weight is 320 g/mol. The number of benzene rings is 2. The first-order valence-corrected chi connectivity index (χ1v) is 7.47. The minimum absolute atomic E-state index is 0.0504. The van der Waals surface area contributed by atoms with Gasteiger partial charge in [-0.2, -0.15) is 0 Å². The molecule has 0 saturated carbocycles. The number of H-pyrrole nitrogens is 1. The lowest BCUT2D eigenvalue weighted by atomic mass is 10.1. The Kier molecular flexibility index (Phi) is 4.43. The van der Waals surface area contributed by atoms with E-state index in [9.17, 15) is 14.7 Å². The van der Waals surface area contributed by atoms with Crippen molar-refractivity contribution in [3.8, 4) is 5.75 Å². The van der Waals surface area contributed by atoms with Crippen molar-refractivity contribution in [2.45, 2.75) is 6.54 Å². The van der Waals surface area contributed by atoms with Gasteiger partial charge in [0.05, 0.1) is 12.1 Å². The van der Waals surface area contributed by atoms with Crippen molar-refractivity contribution < 1.29 is 9.90 Å². The average Bonchev–Trinajstić information content (AvgIpc) is 2.61. The van der Waals surface area contributed by atoms with E-state index in [4.69, 9.17) is 0 Å². The fourth-order valence-corrected chi connectivity index (χ4v) is 2.43. The van der Waals surface area contributed by atoms with Crippen LogP contribution in [0, 0.1) is 0 Å². The molecule has 0 radical (unpaired) electrons. The lowest BCUT2D eigenvalue weighted by molar-refractivity contribution is 0.0982. The number of aromatic hydroxyl groups is 1. The number of hydrogen-bond acceptors (Lipinski definition) is 3. The molecule has 2 N–H and O–H groups in total. The van der Waals surface area contributed by atoms with Crippen LogP contribution in [0.4, 0.5) is 5.69 Å². The Morgan fingerprint density at radius 1 is 1.00 bits per heavy atom. The van der Waals surface area contributed by atoms with Gasteiger partial charge in [0.25, 0.3) is 11.5 Å². The second-order valence-electron chi connectivity index (χ2n) is 5.31. The van der Waals surface area contributed by atoms with Crippen LogP contribution in [0.15, 0.2) is 77.7 Å². The van der Waals surface area contributed by atoms with Crippen LogP contribution in [0.1, 0.15) is 15.9 Å². The predicted molar refractivity (Wildman–Crippen MR) is 92.1 cm³/mol. The molecule has 0 atom stereocenters. The SMILES string of the molecule is O=C(c1c[nH]c(=O)cc1O)N(Cc1ccccc1)c1ccccc1. The summed E-state index contributed by atoms with van der Waals surface area (Å²) in [7, 11) is 0. The molecule has 1 amide bonds. The van der Waals surface area contributed by atoms with Crippen LogP contribution in [-0.4, -0.2) is 16.0 Å². The third-order valence-corrected chi connectivity index (χ3v) is 3.63. The third-order valence-electron chi connectivity index (χ3n) is 3.63. The predicted octanol–water partition coefficient (Wildman–Crippen LogP) is 2.93. The quantitative estimate of drug-likeness (QED) is 0.776. The van der Waals surface area contributed by atoms with Crippen LogP contribution in [-0.2, 0) is 6.54 Å². The Morgan fingerprint density at radius 2 is 1.62 bits per heavy atom. The third kappa shape index (κ3) is 3.35. The van der Waals surface area contributed by atoms with E-state index >= 15 is 0 Å². The van der Waals surface area contributed by atoms with Gasteiger partial charge in [0.1, 0.15) is 5.75 Å². The Morgan fingerprint density at radius 3 is 2.25 bits per heavy atom. The molecule has 0 fully saturated rings. The van der Waals surface area contributed by atoms with Gasteiger partial charge >= 0.3 is 0 Å². The van der Waals surface area contributed by atoms with E-state index in [1.807, 2.05) is 60.7 Å². The number of rotatable bonds is 4. The van der Waals surface area contributed by atoms with E-state index in [1.54, 1.807) is 4.90 Å². The minimum Gasteiger partial charge on any atom is -0.507 e. The Bertz CT molecular complexity index is 889. The Balaban J connectivity index is 2.00. The summed E-state index contributed by atoms with van der Waals surface area (Å²) in [6, 6.07) is 19.8. The van der Waals surface area contributed by atoms with Gasteiger partial charge in [0.15, 0.2) is 0 Å². The van der Waals surface area contributed by atoms with Crippen molar-refractivity contribution in [1.29, 1.82) is 0 Å². The molecule has 24 heavy (non-hydrogen) atoms. The van der Waals surface area contributed by atoms with Gasteiger partial charge in [-0.15, -0.1) is 0 Å². The summed E-state index contributed by atoms with van der Waals surface area (Å²) >= 11 is 0. The molecular weight excluding hydrogens is 304 g/mol. The highest BCUT2D eigenvalue weighted by atomic mass is 16.3. The van der Waals surface area contributed by atoms with Gasteiger partial charge in [0.2, 0.25) is 0 Å². The number of aromatic nitrogens is 1. The summed E-state index contributed by atoms with van der Waals surface area (Å²) in [6.45, 7) is 0.349. The van der Waals surface area contributed by atoms with Crippen LogP contribution < -0.4 is 10.5 Å². The number of pyridine rings is 1. The second kappa shape index (κ2) is 6.83. The molecule has 5 nitrogen and oxygen atoms in total. The number of hydrogen-bond donors (Lipinski definition) is 2. The van der Waals surface area contributed by atoms with E-state index in [2.05, 4.69) is 4.98 Å². The van der Waals surface area contributed by atoms with Gasteiger partial charge in [-0.05, 0) is 17.7 Å². The first kappa shape index (κ1) is 15.6. The van der Waals surface area contributed by atoms with E-state index in [-0.39, 0.29) is 17.2 Å². The molecule has 3 rings (SSSR count). The van der Waals surface area contributed by atoms with Gasteiger partial charge in [-0.1, -0.05) is 48.5 Å². The van der Waals surface area contributed by atoms with Crippen molar-refractivity contribution in [2.75, 3.05) is 4.90 Å². The molecule has 0 aliphatic carbocycles. The van der Waals surface area contributed by atoms with Gasteiger partial charge < -0.3 is 15.0 Å². The molecule has 1 aromatic heterocycles. The molecule has 0 bridgehead atoms. The zero-order valence-corrected chi connectivity index (χ0v) is 12.8. The van der Waals surface area contributed by atoms with Crippen LogP contribution >= 0.6 is 0 Å². The molecule has 5 heteroatoms. The molecule has 0 saturated heterocycles. The molecule has 0 spiro atoms. The number of nitrogens with zero attached hydrogens (tertiary/aromatic N) is 1. The van der Waals surface area contributed by atoms with Crippen molar-refractivity contribution >= 4 is 11.6 Å². The molecule has 0 aliphatic heterocycles. The highest BCUT2D eigenvalue weighted by molar-refractivity contribution is 6.07. The van der Waals surface area contributed by atoms with E-state index < -0.39 is 5.56 Å². The summed E-state index contributed by atoms with van der Waals surface area (Å²) in [5, 5.41) is 9.96. The van der Waals surface area contributed by atoms with Crippen LogP contribution in [0.3, 0.4) is 0 Å². The standard InChI is InChI=1S/C19H16N2O3/c22-17-11-18(23)20-12-16(17)19(24)21(15-9-5-2-6-10-15)13-14-7-3-1-4-8-14/h1-12H,13H2,(H2,20,22,23). The van der Waals surface area contributed by atoms with Gasteiger partial charge in [-0.3, -0.25) is 9.59 Å². The number of carbonyl (C=O) groups excluding carboxylic acids is 1. The molecule has 120 valence electrons. The highest BCUT2D eigenvalue weighted by Crippen LogP contribution is 2.23. The zero-order valence-electron chi connectivity index (χ0n) is 12.8. The summed E-state index contributed by atoms with van der Waals surface area (Å²) in [4.78, 5) is 28.2. The number of nitrogens with one attached hydrogen (secondary N) is 1. The molecular formula is C19H16N2O3. The van der Waals surface area contributed by atoms with Crippen molar-refractivity contribution in [3.05, 3.63) is 94.4 Å². The lowest BCUT2D eigenvalue weighted by Gasteiger charge is -2.23. The summed E-state index contributed by atoms with van der Waals surface area (Å²) in [6.07, 6.45) is 1.24. The largest absolute Gasteiger partial charge is 0.507 e. The van der Waals surface area contributed by atoms with Gasteiger partial charge in [-0.25, -0.2) is 0 Å². The molecule has 0 aliphatic rings. The smallest absolute Gasteiger partial charge is 0.263 e. The van der Waals surface area contributed by atoms with E-state index in [0.717, 1.165) is 11.6 Å². The van der Waals surface area contributed by atoms with Crippen molar-refractivity contribution in [1.82, 2.24) is 4.98 Å². The van der Waals surface area contributed by atoms with Crippen LogP contribution in [0.2, 0.25) is 0 Å². The highest BCUT2D eigenvalue weighted by Gasteiger charge is 2.21. The molecule has 1 heterocycles. The maximum atomic E-state index is 12.9. The summed E-state index contributed by atoms with van der Waals surface area (Å²) in [5.41, 5.74) is 1.25. The van der Waals surface area contributed by atoms with Gasteiger partial charge in [0, 0.05) is 18.0 Å². The monoisotopic (exact) mass is 320 g/mol. The fourth-order valence-electron chi connectivity index (χ4n) is 2.43. The summed E-state index contributed by atoms with van der Waals surface area (Å²) < 4.78 is 0. The molecule has 2 aromatic carbocycles. The number of aromatic amines is 1. The van der Waals surface area contributed by atoms with Crippen LogP contribution in [0.25, 0.3) is 0 Å². The number of carbonyl (C=O) groups is 1. The van der Waals surface area contributed by atoms with E-state index in [0.29, 0.717) is 12.2 Å². The fraction of sp³-hybridized carbons (Fsp3) is 0.0526. The second-order valence-corrected chi connectivity index (χ2v) is 5.31. The first-order valence-electron chi connectivity index (χ1n) is 7.47. The number of para-hydroxylation sites is 1. The number of anilines is 1. The number of amides is 1. The lowest BCUT2D eigenvalue weighted by Crippen LogP contribution is -2.31. The topological polar surface area (TPSA) is 73.4 Å². The molecule has 3 aromatic rings. The van der Waals surface area contributed by atoms with Crippen molar-refractivity contribution in [2.24, 2.45) is 0 Å². The maximum absolute atomic E-state index is 12.9. The van der Waals surface area contributed by atoms with Crippen LogP contribution in [0.5, 0.6) is 5.75 Å². The summed E-state index contributed by atoms with van der Waals surface area (Å²) in [5.74, 6) is -0.725. The Labute approximate surface area is 138 Å².